The Hall–Kier alpha value is -2.83. The van der Waals surface area contributed by atoms with Gasteiger partial charge in [-0.1, -0.05) is 12.1 Å². The fourth-order valence-electron chi connectivity index (χ4n) is 2.83. The lowest BCUT2D eigenvalue weighted by molar-refractivity contribution is 0.193. The molecule has 1 aliphatic rings. The number of urea groups is 1. The Morgan fingerprint density at radius 2 is 1.96 bits per heavy atom. The molecule has 1 aromatic carbocycles. The Bertz CT molecular complexity index is 712. The number of aromatic nitrogens is 2. The normalized spacial score (nSPS) is 15.1. The van der Waals surface area contributed by atoms with Crippen LogP contribution in [0.4, 0.5) is 22.1 Å². The van der Waals surface area contributed by atoms with Crippen LogP contribution in [0.3, 0.4) is 0 Å². The molecular formula is C17H22N6O. The zero-order valence-electron chi connectivity index (χ0n) is 13.7. The molecular weight excluding hydrogens is 304 g/mol. The Kier molecular flexibility index (Phi) is 4.79. The number of nitrogens with one attached hydrogen (secondary N) is 2. The van der Waals surface area contributed by atoms with Gasteiger partial charge in [0.2, 0.25) is 0 Å². The van der Waals surface area contributed by atoms with Crippen LogP contribution in [0.15, 0.2) is 36.7 Å². The summed E-state index contributed by atoms with van der Waals surface area (Å²) in [5, 5.41) is 6.69. The summed E-state index contributed by atoms with van der Waals surface area (Å²) in [4.78, 5) is 21.4. The van der Waals surface area contributed by atoms with Gasteiger partial charge in [-0.05, 0) is 37.5 Å². The summed E-state index contributed by atoms with van der Waals surface area (Å²) < 4.78 is 0. The third kappa shape index (κ3) is 4.13. The molecule has 0 spiro atoms. The molecule has 1 aromatic heterocycles. The first-order valence-electron chi connectivity index (χ1n) is 8.07. The lowest BCUT2D eigenvalue weighted by Crippen LogP contribution is -2.44. The smallest absolute Gasteiger partial charge is 0.314 e. The van der Waals surface area contributed by atoms with E-state index in [1.807, 2.05) is 18.2 Å². The molecule has 0 radical (unpaired) electrons. The molecule has 0 bridgehead atoms. The second-order valence-corrected chi connectivity index (χ2v) is 6.03. The lowest BCUT2D eigenvalue weighted by Gasteiger charge is -2.31. The number of aryl methyl sites for hydroxylation is 1. The van der Waals surface area contributed by atoms with Gasteiger partial charge in [0.05, 0.1) is 0 Å². The van der Waals surface area contributed by atoms with Gasteiger partial charge < -0.3 is 21.3 Å². The average Bonchev–Trinajstić information content (AvgIpc) is 2.56. The number of hydrogen-bond acceptors (Lipinski definition) is 5. The molecule has 1 saturated heterocycles. The number of primary amides is 1. The molecule has 7 heteroatoms. The van der Waals surface area contributed by atoms with Gasteiger partial charge in [-0.3, -0.25) is 0 Å². The zero-order valence-corrected chi connectivity index (χ0v) is 13.7. The third-order valence-corrected chi connectivity index (χ3v) is 4.12. The van der Waals surface area contributed by atoms with Gasteiger partial charge in [-0.15, -0.1) is 0 Å². The van der Waals surface area contributed by atoms with Crippen molar-refractivity contribution in [2.24, 2.45) is 5.73 Å². The summed E-state index contributed by atoms with van der Waals surface area (Å²) in [6.45, 7) is 3.40. The number of hydrogen-bond donors (Lipinski definition) is 3. The van der Waals surface area contributed by atoms with Crippen LogP contribution in [0.2, 0.25) is 0 Å². The summed E-state index contributed by atoms with van der Waals surface area (Å²) in [6, 6.07) is 9.95. The molecule has 24 heavy (non-hydrogen) atoms. The molecule has 1 aliphatic heterocycles. The number of carbonyl (C=O) groups is 1. The standard InChI is InChI=1S/C17H22N6O/c1-12-3-2-4-14(9-12)22-16-10-15(19-11-20-16)21-13-5-7-23(8-6-13)17(18)24/h2-4,9-11,13H,5-8H2,1H3,(H2,18,24)(H2,19,20,21,22). The molecule has 4 N–H and O–H groups in total. The van der Waals surface area contributed by atoms with Crippen molar-refractivity contribution in [3.05, 3.63) is 42.2 Å². The molecule has 0 saturated carbocycles. The van der Waals surface area contributed by atoms with Crippen molar-refractivity contribution < 1.29 is 4.79 Å². The van der Waals surface area contributed by atoms with Crippen molar-refractivity contribution in [2.45, 2.75) is 25.8 Å². The summed E-state index contributed by atoms with van der Waals surface area (Å²) in [5.41, 5.74) is 7.49. The highest BCUT2D eigenvalue weighted by molar-refractivity contribution is 5.72. The Balaban J connectivity index is 1.60. The molecule has 2 aromatic rings. The van der Waals surface area contributed by atoms with E-state index >= 15 is 0 Å². The van der Waals surface area contributed by atoms with Crippen molar-refractivity contribution >= 4 is 23.4 Å². The van der Waals surface area contributed by atoms with E-state index in [0.29, 0.717) is 13.1 Å². The number of likely N-dealkylation sites (tertiary alicyclic amines) is 1. The number of nitrogens with two attached hydrogens (primary N) is 1. The Morgan fingerprint density at radius 3 is 2.67 bits per heavy atom. The number of carbonyl (C=O) groups excluding carboxylic acids is 1. The summed E-state index contributed by atoms with van der Waals surface area (Å²) in [6.07, 6.45) is 3.25. The van der Waals surface area contributed by atoms with E-state index in [1.54, 1.807) is 11.2 Å². The predicted octanol–water partition coefficient (Wildman–Crippen LogP) is 2.48. The first-order chi connectivity index (χ1) is 11.6. The van der Waals surface area contributed by atoms with E-state index < -0.39 is 0 Å². The molecule has 2 amide bonds. The van der Waals surface area contributed by atoms with E-state index in [0.717, 1.165) is 30.2 Å². The highest BCUT2D eigenvalue weighted by Crippen LogP contribution is 2.19. The monoisotopic (exact) mass is 326 g/mol. The van der Waals surface area contributed by atoms with Crippen LogP contribution in [0.25, 0.3) is 0 Å². The minimum atomic E-state index is -0.347. The fraction of sp³-hybridized carbons (Fsp3) is 0.353. The van der Waals surface area contributed by atoms with Gasteiger partial charge >= 0.3 is 6.03 Å². The highest BCUT2D eigenvalue weighted by atomic mass is 16.2. The molecule has 0 unspecified atom stereocenters. The Labute approximate surface area is 141 Å². The van der Waals surface area contributed by atoms with Crippen molar-refractivity contribution in [1.82, 2.24) is 14.9 Å². The quantitative estimate of drug-likeness (QED) is 0.802. The molecule has 7 nitrogen and oxygen atoms in total. The predicted molar refractivity (Wildman–Crippen MR) is 94.3 cm³/mol. The van der Waals surface area contributed by atoms with E-state index in [9.17, 15) is 4.79 Å². The fourth-order valence-corrected chi connectivity index (χ4v) is 2.83. The maximum absolute atomic E-state index is 11.2. The van der Waals surface area contributed by atoms with Crippen LogP contribution in [-0.4, -0.2) is 40.0 Å². The Morgan fingerprint density at radius 1 is 1.21 bits per heavy atom. The van der Waals surface area contributed by atoms with Crippen molar-refractivity contribution in [3.8, 4) is 0 Å². The molecule has 0 atom stereocenters. The number of nitrogens with zero attached hydrogens (tertiary/aromatic N) is 3. The largest absolute Gasteiger partial charge is 0.367 e. The van der Waals surface area contributed by atoms with Crippen molar-refractivity contribution in [3.63, 3.8) is 0 Å². The van der Waals surface area contributed by atoms with Crippen LogP contribution in [0.1, 0.15) is 18.4 Å². The number of piperidine rings is 1. The van der Waals surface area contributed by atoms with Crippen LogP contribution in [0, 0.1) is 6.92 Å². The maximum Gasteiger partial charge on any atom is 0.314 e. The summed E-state index contributed by atoms with van der Waals surface area (Å²) in [5.74, 6) is 1.52. The number of amides is 2. The van der Waals surface area contributed by atoms with Crippen LogP contribution in [-0.2, 0) is 0 Å². The SMILES string of the molecule is Cc1cccc(Nc2cc(NC3CCN(C(N)=O)CC3)ncn2)c1. The van der Waals surface area contributed by atoms with Crippen molar-refractivity contribution in [1.29, 1.82) is 0 Å². The van der Waals surface area contributed by atoms with Crippen LogP contribution < -0.4 is 16.4 Å². The molecule has 126 valence electrons. The number of rotatable bonds is 4. The average molecular weight is 326 g/mol. The first kappa shape index (κ1) is 16.0. The highest BCUT2D eigenvalue weighted by Gasteiger charge is 2.21. The van der Waals surface area contributed by atoms with Gasteiger partial charge in [-0.2, -0.15) is 0 Å². The number of anilines is 3. The van der Waals surface area contributed by atoms with E-state index in [2.05, 4.69) is 39.7 Å². The molecule has 1 fully saturated rings. The second kappa shape index (κ2) is 7.16. The lowest BCUT2D eigenvalue weighted by atomic mass is 10.1. The second-order valence-electron chi connectivity index (χ2n) is 6.03. The van der Waals surface area contributed by atoms with Gasteiger partial charge in [0.15, 0.2) is 0 Å². The van der Waals surface area contributed by atoms with Gasteiger partial charge in [-0.25, -0.2) is 14.8 Å². The van der Waals surface area contributed by atoms with E-state index in [1.165, 1.54) is 5.56 Å². The minimum Gasteiger partial charge on any atom is -0.367 e. The first-order valence-corrected chi connectivity index (χ1v) is 8.07. The van der Waals surface area contributed by atoms with Gasteiger partial charge in [0.25, 0.3) is 0 Å². The maximum atomic E-state index is 11.2. The third-order valence-electron chi connectivity index (χ3n) is 4.12. The van der Waals surface area contributed by atoms with Crippen LogP contribution in [0.5, 0.6) is 0 Å². The topological polar surface area (TPSA) is 96.2 Å². The summed E-state index contributed by atoms with van der Waals surface area (Å²) in [7, 11) is 0. The van der Waals surface area contributed by atoms with E-state index in [-0.39, 0.29) is 12.1 Å². The molecule has 3 rings (SSSR count). The zero-order chi connectivity index (χ0) is 16.9. The summed E-state index contributed by atoms with van der Waals surface area (Å²) >= 11 is 0. The van der Waals surface area contributed by atoms with Gasteiger partial charge in [0.1, 0.15) is 18.0 Å². The molecule has 2 heterocycles. The number of benzene rings is 1. The van der Waals surface area contributed by atoms with Gasteiger partial charge in [0, 0.05) is 30.9 Å². The minimum absolute atomic E-state index is 0.280. The van der Waals surface area contributed by atoms with E-state index in [4.69, 9.17) is 5.73 Å². The van der Waals surface area contributed by atoms with Crippen molar-refractivity contribution in [2.75, 3.05) is 23.7 Å². The molecule has 0 aliphatic carbocycles. The van der Waals surface area contributed by atoms with Crippen LogP contribution >= 0.6 is 0 Å².